The minimum atomic E-state index is -0.950. The van der Waals surface area contributed by atoms with Crippen LogP contribution in [0.25, 0.3) is 16.6 Å². The number of carbonyl (C=O) groups is 1. The molecule has 128 valence electrons. The summed E-state index contributed by atoms with van der Waals surface area (Å²) in [6, 6.07) is 9.97. The number of amides is 1. The van der Waals surface area contributed by atoms with E-state index in [2.05, 4.69) is 10.4 Å². The number of primary amides is 1. The second-order valence-corrected chi connectivity index (χ2v) is 6.23. The molecule has 0 spiro atoms. The first-order valence-corrected chi connectivity index (χ1v) is 8.27. The van der Waals surface area contributed by atoms with Gasteiger partial charge in [-0.2, -0.15) is 5.10 Å². The zero-order valence-electron chi connectivity index (χ0n) is 14.6. The Kier molecular flexibility index (Phi) is 3.67. The molecule has 1 aliphatic rings. The third kappa shape index (κ3) is 2.89. The first kappa shape index (κ1) is 14.6. The summed E-state index contributed by atoms with van der Waals surface area (Å²) in [6.45, 7) is 1.30. The molecule has 0 unspecified atom stereocenters. The molecule has 4 rings (SSSR count). The van der Waals surface area contributed by atoms with Crippen LogP contribution >= 0.6 is 0 Å². The van der Waals surface area contributed by atoms with Crippen LogP contribution in [-0.2, 0) is 0 Å². The van der Waals surface area contributed by atoms with Gasteiger partial charge in [-0.05, 0) is 49.0 Å². The fraction of sp³-hybridized carbons (Fsp3) is 0.263. The molecule has 0 bridgehead atoms. The van der Waals surface area contributed by atoms with Gasteiger partial charge in [0.2, 0.25) is 0 Å². The lowest BCUT2D eigenvalue weighted by atomic mass is 9.91. The number of carbonyl (C=O) groups excluding carboxylic acids is 1. The number of halogens is 1. The number of nitrogens with one attached hydrogen (secondary N) is 1. The molecular weight excluding hydrogens is 319 g/mol. The Morgan fingerprint density at radius 3 is 3.00 bits per heavy atom. The van der Waals surface area contributed by atoms with E-state index in [-0.39, 0.29) is 0 Å². The van der Waals surface area contributed by atoms with Crippen LogP contribution in [0.3, 0.4) is 0 Å². The standard InChI is InChI=1S/C19H19FN4O/c20-17-9-14(6-7-15(17)12-4-2-8-22-10-12)24-11-13-3-1-5-16(19(21)25)18(13)23-24/h1,3,5-7,9,11-12,22H,2,4,8,10H2,(H2,21,25)/t12-/m1/s1/i12D. The molecule has 0 saturated carbocycles. The van der Waals surface area contributed by atoms with Crippen molar-refractivity contribution in [3.8, 4) is 5.69 Å². The molecule has 1 aromatic heterocycles. The molecule has 1 atom stereocenters. The number of nitrogens with zero attached hydrogens (tertiary/aromatic N) is 2. The monoisotopic (exact) mass is 339 g/mol. The average Bonchev–Trinajstić information content (AvgIpc) is 3.06. The molecule has 3 N–H and O–H groups in total. The lowest BCUT2D eigenvalue weighted by Crippen LogP contribution is -2.28. The lowest BCUT2D eigenvalue weighted by molar-refractivity contribution is 0.100. The molecule has 2 aromatic carbocycles. The first-order valence-electron chi connectivity index (χ1n) is 8.77. The van der Waals surface area contributed by atoms with Gasteiger partial charge >= 0.3 is 0 Å². The molecule has 3 aromatic rings. The highest BCUT2D eigenvalue weighted by Crippen LogP contribution is 2.27. The van der Waals surface area contributed by atoms with E-state index in [0.717, 1.165) is 18.4 Å². The predicted octanol–water partition coefficient (Wildman–Crippen LogP) is 2.73. The molecule has 0 aliphatic carbocycles. The minimum absolute atomic E-state index is 0.330. The highest BCUT2D eigenvalue weighted by molar-refractivity contribution is 6.04. The van der Waals surface area contributed by atoms with Crippen molar-refractivity contribution in [3.63, 3.8) is 0 Å². The van der Waals surface area contributed by atoms with Crippen molar-refractivity contribution in [2.45, 2.75) is 18.7 Å². The van der Waals surface area contributed by atoms with Crippen LogP contribution < -0.4 is 11.1 Å². The minimum Gasteiger partial charge on any atom is -0.366 e. The summed E-state index contributed by atoms with van der Waals surface area (Å²) in [4.78, 5) is 11.6. The summed E-state index contributed by atoms with van der Waals surface area (Å²) in [7, 11) is 0. The van der Waals surface area contributed by atoms with Crippen molar-refractivity contribution in [2.24, 2.45) is 5.73 Å². The molecule has 5 nitrogen and oxygen atoms in total. The van der Waals surface area contributed by atoms with Gasteiger partial charge < -0.3 is 11.1 Å². The van der Waals surface area contributed by atoms with E-state index in [0.29, 0.717) is 35.3 Å². The van der Waals surface area contributed by atoms with E-state index in [9.17, 15) is 9.18 Å². The summed E-state index contributed by atoms with van der Waals surface area (Å²) in [5.74, 6) is -1.92. The van der Waals surface area contributed by atoms with E-state index < -0.39 is 17.6 Å². The van der Waals surface area contributed by atoms with Crippen LogP contribution in [0.5, 0.6) is 0 Å². The maximum Gasteiger partial charge on any atom is 0.250 e. The fourth-order valence-corrected chi connectivity index (χ4v) is 3.29. The second-order valence-electron chi connectivity index (χ2n) is 6.23. The Balaban J connectivity index is 1.75. The van der Waals surface area contributed by atoms with E-state index in [4.69, 9.17) is 7.10 Å². The van der Waals surface area contributed by atoms with Gasteiger partial charge in [-0.15, -0.1) is 0 Å². The molecule has 6 heteroatoms. The fourth-order valence-electron chi connectivity index (χ4n) is 3.29. The number of hydrogen-bond donors (Lipinski definition) is 2. The number of hydrogen-bond acceptors (Lipinski definition) is 3. The Hall–Kier alpha value is -2.73. The summed E-state index contributed by atoms with van der Waals surface area (Å²) >= 11 is 0. The summed E-state index contributed by atoms with van der Waals surface area (Å²) in [6.07, 6.45) is 3.21. The topological polar surface area (TPSA) is 72.9 Å². The summed E-state index contributed by atoms with van der Waals surface area (Å²) in [5, 5.41) is 8.31. The molecular formula is C19H19FN4O. The molecule has 1 amide bonds. The highest BCUT2D eigenvalue weighted by atomic mass is 19.1. The van der Waals surface area contributed by atoms with Gasteiger partial charge in [0.25, 0.3) is 5.91 Å². The largest absolute Gasteiger partial charge is 0.366 e. The predicted molar refractivity (Wildman–Crippen MR) is 94.4 cm³/mol. The van der Waals surface area contributed by atoms with E-state index in [1.54, 1.807) is 30.5 Å². The van der Waals surface area contributed by atoms with Crippen LogP contribution in [-0.4, -0.2) is 28.8 Å². The average molecular weight is 339 g/mol. The number of rotatable bonds is 3. The first-order chi connectivity index (χ1) is 12.5. The Bertz CT molecular complexity index is 994. The Morgan fingerprint density at radius 2 is 2.28 bits per heavy atom. The van der Waals surface area contributed by atoms with E-state index in [1.807, 2.05) is 6.07 Å². The third-order valence-electron chi connectivity index (χ3n) is 4.57. The van der Waals surface area contributed by atoms with Crippen molar-refractivity contribution >= 4 is 16.8 Å². The van der Waals surface area contributed by atoms with Gasteiger partial charge in [-0.25, -0.2) is 9.07 Å². The van der Waals surface area contributed by atoms with Gasteiger partial charge in [0.15, 0.2) is 0 Å². The van der Waals surface area contributed by atoms with E-state index >= 15 is 0 Å². The van der Waals surface area contributed by atoms with Crippen molar-refractivity contribution in [3.05, 3.63) is 59.5 Å². The van der Waals surface area contributed by atoms with Crippen molar-refractivity contribution in [1.29, 1.82) is 0 Å². The normalized spacial score (nSPS) is 21.2. The van der Waals surface area contributed by atoms with Crippen LogP contribution in [0.2, 0.25) is 0 Å². The van der Waals surface area contributed by atoms with Gasteiger partial charge in [-0.3, -0.25) is 4.79 Å². The smallest absolute Gasteiger partial charge is 0.250 e. The molecule has 25 heavy (non-hydrogen) atoms. The van der Waals surface area contributed by atoms with Gasteiger partial charge in [0.1, 0.15) is 11.3 Å². The van der Waals surface area contributed by atoms with Crippen LogP contribution in [0.15, 0.2) is 42.6 Å². The lowest BCUT2D eigenvalue weighted by Gasteiger charge is -2.23. The number of aromatic nitrogens is 2. The second kappa shape index (κ2) is 6.29. The summed E-state index contributed by atoms with van der Waals surface area (Å²) < 4.78 is 24.9. The Labute approximate surface area is 146 Å². The molecule has 1 aliphatic heterocycles. The zero-order chi connectivity index (χ0) is 18.3. The van der Waals surface area contributed by atoms with Crippen molar-refractivity contribution in [2.75, 3.05) is 13.1 Å². The van der Waals surface area contributed by atoms with Crippen molar-refractivity contribution < 1.29 is 10.6 Å². The number of piperidine rings is 1. The van der Waals surface area contributed by atoms with Crippen LogP contribution in [0.4, 0.5) is 4.39 Å². The quantitative estimate of drug-likeness (QED) is 0.771. The van der Waals surface area contributed by atoms with Gasteiger partial charge in [-0.1, -0.05) is 18.2 Å². The van der Waals surface area contributed by atoms with Crippen LogP contribution in [0, 0.1) is 5.82 Å². The number of fused-ring (bicyclic) bond motifs is 1. The highest BCUT2D eigenvalue weighted by Gasteiger charge is 2.19. The number of nitrogens with two attached hydrogens (primary N) is 1. The maximum absolute atomic E-state index is 14.8. The third-order valence-corrected chi connectivity index (χ3v) is 4.57. The van der Waals surface area contributed by atoms with Crippen LogP contribution in [0.1, 0.15) is 36.0 Å². The van der Waals surface area contributed by atoms with Gasteiger partial charge in [0, 0.05) is 19.5 Å². The maximum atomic E-state index is 14.8. The van der Waals surface area contributed by atoms with E-state index in [1.165, 1.54) is 10.7 Å². The molecule has 1 fully saturated rings. The Morgan fingerprint density at radius 1 is 1.40 bits per heavy atom. The van der Waals surface area contributed by atoms with Gasteiger partial charge in [0.05, 0.1) is 11.3 Å². The van der Waals surface area contributed by atoms with Crippen molar-refractivity contribution in [1.82, 2.24) is 15.1 Å². The number of benzene rings is 2. The zero-order valence-corrected chi connectivity index (χ0v) is 13.6. The molecule has 1 saturated heterocycles. The molecule has 2 heterocycles. The SMILES string of the molecule is [2H][C@@]1(c2ccc(-n3cc4cccc(C(N)=O)c4n3)cc2F)CCCNC1. The molecule has 0 radical (unpaired) electrons. The summed E-state index contributed by atoms with van der Waals surface area (Å²) in [5.41, 5.74) is 7.13.